The van der Waals surface area contributed by atoms with Crippen LogP contribution in [0.2, 0.25) is 0 Å². The monoisotopic (exact) mass is 495 g/mol. The molecule has 1 aliphatic rings. The molecule has 5 rings (SSSR count). The van der Waals surface area contributed by atoms with Gasteiger partial charge in [0.2, 0.25) is 5.91 Å². The molecule has 37 heavy (non-hydrogen) atoms. The largest absolute Gasteiger partial charge is 0.493 e. The van der Waals surface area contributed by atoms with E-state index in [0.29, 0.717) is 25.5 Å². The number of nitrogens with zero attached hydrogens (tertiary/aromatic N) is 3. The van der Waals surface area contributed by atoms with Crippen LogP contribution >= 0.6 is 0 Å². The number of fused-ring (bicyclic) bond motifs is 1. The Morgan fingerprint density at radius 1 is 0.973 bits per heavy atom. The molecular formula is C32H37N3O2. The highest BCUT2D eigenvalue weighted by atomic mass is 16.5. The number of ether oxygens (including phenoxy) is 1. The van der Waals surface area contributed by atoms with Crippen LogP contribution in [0.3, 0.4) is 0 Å². The Balaban J connectivity index is 1.30. The summed E-state index contributed by atoms with van der Waals surface area (Å²) in [5, 5.41) is 0. The molecular weight excluding hydrogens is 458 g/mol. The fourth-order valence-electron chi connectivity index (χ4n) is 5.52. The summed E-state index contributed by atoms with van der Waals surface area (Å²) in [6.45, 7) is 10.8. The van der Waals surface area contributed by atoms with E-state index < -0.39 is 0 Å². The van der Waals surface area contributed by atoms with E-state index in [1.165, 1.54) is 16.7 Å². The number of para-hydroxylation sites is 3. The lowest BCUT2D eigenvalue weighted by Gasteiger charge is -2.19. The van der Waals surface area contributed by atoms with Crippen molar-refractivity contribution in [3.05, 3.63) is 89.2 Å². The van der Waals surface area contributed by atoms with Gasteiger partial charge in [0.1, 0.15) is 11.6 Å². The lowest BCUT2D eigenvalue weighted by molar-refractivity contribution is -0.117. The van der Waals surface area contributed by atoms with E-state index in [1.54, 1.807) is 0 Å². The van der Waals surface area contributed by atoms with Crippen LogP contribution in [0.5, 0.6) is 5.75 Å². The van der Waals surface area contributed by atoms with Gasteiger partial charge in [0.15, 0.2) is 0 Å². The lowest BCUT2D eigenvalue weighted by atomic mass is 10.0. The van der Waals surface area contributed by atoms with Crippen LogP contribution in [-0.2, 0) is 11.3 Å². The fraction of sp³-hybridized carbons (Fsp3) is 0.375. The van der Waals surface area contributed by atoms with Gasteiger partial charge in [0, 0.05) is 31.1 Å². The van der Waals surface area contributed by atoms with Crippen molar-refractivity contribution in [3.63, 3.8) is 0 Å². The molecule has 1 amide bonds. The van der Waals surface area contributed by atoms with Crippen molar-refractivity contribution in [3.8, 4) is 5.75 Å². The number of anilines is 1. The van der Waals surface area contributed by atoms with Gasteiger partial charge in [-0.15, -0.1) is 0 Å². The van der Waals surface area contributed by atoms with E-state index >= 15 is 0 Å². The molecule has 0 bridgehead atoms. The van der Waals surface area contributed by atoms with Crippen molar-refractivity contribution in [2.75, 3.05) is 18.1 Å². The van der Waals surface area contributed by atoms with Gasteiger partial charge in [0.25, 0.3) is 0 Å². The molecule has 2 heterocycles. The average Bonchev–Trinajstić information content (AvgIpc) is 3.44. The molecule has 5 nitrogen and oxygen atoms in total. The van der Waals surface area contributed by atoms with Gasteiger partial charge in [-0.25, -0.2) is 4.98 Å². The van der Waals surface area contributed by atoms with Gasteiger partial charge < -0.3 is 14.2 Å². The lowest BCUT2D eigenvalue weighted by Crippen LogP contribution is -2.24. The molecule has 5 heteroatoms. The summed E-state index contributed by atoms with van der Waals surface area (Å²) in [4.78, 5) is 20.1. The van der Waals surface area contributed by atoms with Crippen LogP contribution in [0.1, 0.15) is 67.5 Å². The van der Waals surface area contributed by atoms with Gasteiger partial charge in [-0.3, -0.25) is 4.79 Å². The van der Waals surface area contributed by atoms with Crippen LogP contribution < -0.4 is 9.64 Å². The van der Waals surface area contributed by atoms with Crippen LogP contribution in [0, 0.1) is 13.8 Å². The zero-order chi connectivity index (χ0) is 25.9. The minimum absolute atomic E-state index is 0.0786. The Morgan fingerprint density at radius 2 is 1.70 bits per heavy atom. The van der Waals surface area contributed by atoms with Crippen molar-refractivity contribution in [1.82, 2.24) is 9.55 Å². The SMILES string of the molecule is Cc1cc(C)cc(N2CC(c3nc4ccccc4n3CCCCOc3ccccc3C(C)C)CC2=O)c1. The first-order chi connectivity index (χ1) is 17.9. The zero-order valence-electron chi connectivity index (χ0n) is 22.4. The van der Waals surface area contributed by atoms with Gasteiger partial charge in [-0.05, 0) is 79.6 Å². The summed E-state index contributed by atoms with van der Waals surface area (Å²) in [5.41, 5.74) is 6.74. The Labute approximate surface area is 220 Å². The molecule has 0 aliphatic carbocycles. The molecule has 0 spiro atoms. The first kappa shape index (κ1) is 25.1. The number of carbonyl (C=O) groups is 1. The number of unbranched alkanes of at least 4 members (excludes halogenated alkanes) is 1. The topological polar surface area (TPSA) is 47.4 Å². The molecule has 4 aromatic rings. The van der Waals surface area contributed by atoms with Crippen LogP contribution in [0.4, 0.5) is 5.69 Å². The molecule has 1 fully saturated rings. The highest BCUT2D eigenvalue weighted by Gasteiger charge is 2.35. The predicted molar refractivity (Wildman–Crippen MR) is 151 cm³/mol. The first-order valence-corrected chi connectivity index (χ1v) is 13.5. The van der Waals surface area contributed by atoms with Crippen molar-refractivity contribution in [2.45, 2.75) is 65.3 Å². The molecule has 1 saturated heterocycles. The minimum Gasteiger partial charge on any atom is -0.493 e. The van der Waals surface area contributed by atoms with Crippen molar-refractivity contribution in [1.29, 1.82) is 0 Å². The summed E-state index contributed by atoms with van der Waals surface area (Å²) in [6, 6.07) is 23.0. The van der Waals surface area contributed by atoms with E-state index in [4.69, 9.17) is 9.72 Å². The second-order valence-electron chi connectivity index (χ2n) is 10.6. The third kappa shape index (κ3) is 5.41. The van der Waals surface area contributed by atoms with Gasteiger partial charge in [0.05, 0.1) is 17.6 Å². The maximum Gasteiger partial charge on any atom is 0.227 e. The third-order valence-electron chi connectivity index (χ3n) is 7.27. The molecule has 1 aliphatic heterocycles. The quantitative estimate of drug-likeness (QED) is 0.232. The van der Waals surface area contributed by atoms with Crippen LogP contribution in [0.25, 0.3) is 11.0 Å². The number of rotatable bonds is 9. The fourth-order valence-corrected chi connectivity index (χ4v) is 5.52. The van der Waals surface area contributed by atoms with Gasteiger partial charge in [-0.1, -0.05) is 50.2 Å². The van der Waals surface area contributed by atoms with Crippen LogP contribution in [-0.4, -0.2) is 28.6 Å². The summed E-state index contributed by atoms with van der Waals surface area (Å²) < 4.78 is 8.49. The highest BCUT2D eigenvalue weighted by Crippen LogP contribution is 2.34. The number of benzene rings is 3. The smallest absolute Gasteiger partial charge is 0.227 e. The Bertz CT molecular complexity index is 1380. The molecule has 3 aromatic carbocycles. The highest BCUT2D eigenvalue weighted by molar-refractivity contribution is 5.96. The normalized spacial score (nSPS) is 15.8. The summed E-state index contributed by atoms with van der Waals surface area (Å²) >= 11 is 0. The van der Waals surface area contributed by atoms with E-state index in [2.05, 4.69) is 86.9 Å². The summed E-state index contributed by atoms with van der Waals surface area (Å²) in [5.74, 6) is 2.70. The standard InChI is InChI=1S/C32H37N3O2/c1-22(2)27-11-5-8-14-30(27)37-16-10-9-15-34-29-13-7-6-12-28(29)33-32(34)25-20-31(36)35(21-25)26-18-23(3)17-24(4)19-26/h5-8,11-14,17-19,22,25H,9-10,15-16,20-21H2,1-4H3. The molecule has 0 radical (unpaired) electrons. The predicted octanol–water partition coefficient (Wildman–Crippen LogP) is 7.16. The Kier molecular flexibility index (Phi) is 7.31. The van der Waals surface area contributed by atoms with Gasteiger partial charge >= 0.3 is 0 Å². The van der Waals surface area contributed by atoms with Crippen molar-refractivity contribution < 1.29 is 9.53 Å². The van der Waals surface area contributed by atoms with Crippen molar-refractivity contribution >= 4 is 22.6 Å². The molecule has 0 saturated carbocycles. The Morgan fingerprint density at radius 3 is 2.49 bits per heavy atom. The summed E-state index contributed by atoms with van der Waals surface area (Å²) in [7, 11) is 0. The summed E-state index contributed by atoms with van der Waals surface area (Å²) in [6.07, 6.45) is 2.43. The number of amides is 1. The third-order valence-corrected chi connectivity index (χ3v) is 7.27. The number of hydrogen-bond acceptors (Lipinski definition) is 3. The second kappa shape index (κ2) is 10.8. The number of hydrogen-bond donors (Lipinski definition) is 0. The number of carbonyl (C=O) groups excluding carboxylic acids is 1. The van der Waals surface area contributed by atoms with Gasteiger partial charge in [-0.2, -0.15) is 0 Å². The minimum atomic E-state index is 0.0786. The average molecular weight is 496 g/mol. The number of imidazole rings is 1. The molecule has 0 N–H and O–H groups in total. The molecule has 1 atom stereocenters. The first-order valence-electron chi connectivity index (χ1n) is 13.5. The van der Waals surface area contributed by atoms with E-state index in [0.717, 1.165) is 47.7 Å². The number of aromatic nitrogens is 2. The molecule has 1 unspecified atom stereocenters. The maximum atomic E-state index is 13.1. The number of aryl methyl sites for hydroxylation is 3. The van der Waals surface area contributed by atoms with E-state index in [1.807, 2.05) is 17.0 Å². The molecule has 192 valence electrons. The Hall–Kier alpha value is -3.60. The van der Waals surface area contributed by atoms with Crippen LogP contribution in [0.15, 0.2) is 66.7 Å². The second-order valence-corrected chi connectivity index (χ2v) is 10.6. The van der Waals surface area contributed by atoms with Crippen molar-refractivity contribution in [2.24, 2.45) is 0 Å². The zero-order valence-corrected chi connectivity index (χ0v) is 22.4. The molecule has 1 aromatic heterocycles. The maximum absolute atomic E-state index is 13.1. The van der Waals surface area contributed by atoms with E-state index in [9.17, 15) is 4.79 Å². The van der Waals surface area contributed by atoms with E-state index in [-0.39, 0.29) is 11.8 Å².